The number of halogens is 4. The van der Waals surface area contributed by atoms with Crippen LogP contribution in [0.2, 0.25) is 0 Å². The molecule has 15 heteroatoms. The first-order valence-corrected chi connectivity index (χ1v) is 13.0. The number of piperazine rings is 1. The summed E-state index contributed by atoms with van der Waals surface area (Å²) in [5, 5.41) is 10.3. The minimum atomic E-state index is -4.61. The van der Waals surface area contributed by atoms with Gasteiger partial charge in [0.2, 0.25) is 16.4 Å². The van der Waals surface area contributed by atoms with Gasteiger partial charge in [0.25, 0.3) is 0 Å². The van der Waals surface area contributed by atoms with Crippen LogP contribution in [0.1, 0.15) is 18.7 Å². The Labute approximate surface area is 211 Å². The molecular weight excluding hydrogens is 522 g/mol. The van der Waals surface area contributed by atoms with E-state index < -0.39 is 40.1 Å². The number of hydrogen-bond acceptors (Lipinski definition) is 8. The summed E-state index contributed by atoms with van der Waals surface area (Å²) in [6, 6.07) is 5.82. The number of carbonyl (C=O) groups excluding carboxylic acids is 1. The second-order valence-electron chi connectivity index (χ2n) is 8.32. The van der Waals surface area contributed by atoms with Gasteiger partial charge in [-0.3, -0.25) is 10.0 Å². The zero-order valence-corrected chi connectivity index (χ0v) is 20.5. The largest absolute Gasteiger partial charge is 0.461 e. The molecule has 1 aliphatic rings. The van der Waals surface area contributed by atoms with Crippen molar-refractivity contribution < 1.29 is 40.7 Å². The summed E-state index contributed by atoms with van der Waals surface area (Å²) >= 11 is 0. The predicted molar refractivity (Wildman–Crippen MR) is 124 cm³/mol. The lowest BCUT2D eigenvalue weighted by Crippen LogP contribution is -2.51. The van der Waals surface area contributed by atoms with Gasteiger partial charge in [-0.2, -0.15) is 21.9 Å². The van der Waals surface area contributed by atoms with E-state index in [1.54, 1.807) is 18.5 Å². The summed E-state index contributed by atoms with van der Waals surface area (Å²) in [4.78, 5) is 21.1. The van der Waals surface area contributed by atoms with Crippen molar-refractivity contribution in [2.24, 2.45) is 0 Å². The van der Waals surface area contributed by atoms with E-state index in [0.717, 1.165) is 12.1 Å². The van der Waals surface area contributed by atoms with Crippen molar-refractivity contribution in [1.82, 2.24) is 19.3 Å². The monoisotopic (exact) mass is 549 g/mol. The third-order valence-electron chi connectivity index (χ3n) is 5.78. The Kier molecular flexibility index (Phi) is 9.62. The summed E-state index contributed by atoms with van der Waals surface area (Å²) in [6.45, 7) is 0.778. The molecule has 204 valence electrons. The van der Waals surface area contributed by atoms with Gasteiger partial charge < -0.3 is 9.64 Å². The van der Waals surface area contributed by atoms with E-state index in [1.807, 2.05) is 4.90 Å². The van der Waals surface area contributed by atoms with Gasteiger partial charge in [-0.05, 0) is 43.2 Å². The molecule has 1 aliphatic heterocycles. The fourth-order valence-electron chi connectivity index (χ4n) is 3.83. The van der Waals surface area contributed by atoms with Crippen LogP contribution in [0.3, 0.4) is 0 Å². The lowest BCUT2D eigenvalue weighted by molar-refractivity contribution is -0.253. The fourth-order valence-corrected chi connectivity index (χ4v) is 5.57. The minimum Gasteiger partial charge on any atom is -0.428 e. The number of benzene rings is 1. The van der Waals surface area contributed by atoms with E-state index in [1.165, 1.54) is 16.4 Å². The van der Waals surface area contributed by atoms with E-state index in [0.29, 0.717) is 29.4 Å². The Bertz CT molecular complexity index is 1100. The number of sulfonamides is 1. The molecule has 2 heterocycles. The van der Waals surface area contributed by atoms with Crippen LogP contribution < -0.4 is 9.64 Å². The number of anilines is 1. The van der Waals surface area contributed by atoms with E-state index >= 15 is 0 Å². The molecule has 0 bridgehead atoms. The summed E-state index contributed by atoms with van der Waals surface area (Å²) in [7, 11) is -3.83. The number of carbonyl (C=O) groups is 1. The lowest BCUT2D eigenvalue weighted by atomic mass is 10.1. The predicted octanol–water partition coefficient (Wildman–Crippen LogP) is 2.40. The Morgan fingerprint density at radius 1 is 1.11 bits per heavy atom. The first-order chi connectivity index (χ1) is 17.5. The molecule has 10 nitrogen and oxygen atoms in total. The molecule has 1 fully saturated rings. The van der Waals surface area contributed by atoms with E-state index in [9.17, 15) is 36.0 Å². The standard InChI is InChI=1S/C22H27F4N5O5S/c23-21(24)22(25,26)36-19-7-5-17(6-8-19)29-11-13-30(14-12-29)37(34,35)15-18(31(33)16-32)3-1-4-20-27-9-2-10-28-20/h2,5-10,16,18,21,33H,1,3-4,11-15H2. The molecular formula is C22H27F4N5O5S. The summed E-state index contributed by atoms with van der Waals surface area (Å²) in [6.07, 6.45) is -4.12. The summed E-state index contributed by atoms with van der Waals surface area (Å²) in [5.41, 5.74) is 0.577. The second kappa shape index (κ2) is 12.5. The van der Waals surface area contributed by atoms with E-state index in [-0.39, 0.29) is 39.0 Å². The number of ether oxygens (including phenoxy) is 1. The third kappa shape index (κ3) is 7.97. The van der Waals surface area contributed by atoms with Crippen LogP contribution in [0, 0.1) is 0 Å². The van der Waals surface area contributed by atoms with Crippen molar-refractivity contribution in [3.63, 3.8) is 0 Å². The Balaban J connectivity index is 1.54. The maximum Gasteiger partial charge on any atom is 0.461 e. The van der Waals surface area contributed by atoms with E-state index in [4.69, 9.17) is 0 Å². The van der Waals surface area contributed by atoms with Crippen molar-refractivity contribution in [1.29, 1.82) is 0 Å². The molecule has 1 aromatic carbocycles. The van der Waals surface area contributed by atoms with Crippen molar-refractivity contribution in [2.45, 2.75) is 37.8 Å². The van der Waals surface area contributed by atoms with Gasteiger partial charge in [0.05, 0.1) is 11.8 Å². The Morgan fingerprint density at radius 3 is 2.30 bits per heavy atom. The van der Waals surface area contributed by atoms with Gasteiger partial charge in [0, 0.05) is 50.7 Å². The van der Waals surface area contributed by atoms with Gasteiger partial charge in [0.15, 0.2) is 0 Å². The molecule has 1 N–H and O–H groups in total. The van der Waals surface area contributed by atoms with Crippen LogP contribution in [0.4, 0.5) is 23.2 Å². The molecule has 2 aromatic rings. The molecule has 1 amide bonds. The molecule has 0 saturated carbocycles. The average molecular weight is 550 g/mol. The zero-order valence-electron chi connectivity index (χ0n) is 19.7. The molecule has 1 atom stereocenters. The SMILES string of the molecule is O=CN(O)C(CCCc1ncccn1)CS(=O)(=O)N1CCN(c2ccc(OC(F)(F)C(F)F)cc2)CC1. The van der Waals surface area contributed by atoms with Crippen LogP contribution in [0.15, 0.2) is 42.7 Å². The van der Waals surface area contributed by atoms with Gasteiger partial charge in [-0.15, -0.1) is 0 Å². The normalized spacial score (nSPS) is 16.0. The maximum atomic E-state index is 13.1. The molecule has 1 aromatic heterocycles. The van der Waals surface area contributed by atoms with Crippen molar-refractivity contribution in [3.05, 3.63) is 48.5 Å². The highest BCUT2D eigenvalue weighted by Gasteiger charge is 2.44. The highest BCUT2D eigenvalue weighted by atomic mass is 32.2. The highest BCUT2D eigenvalue weighted by Crippen LogP contribution is 2.29. The van der Waals surface area contributed by atoms with Gasteiger partial charge >= 0.3 is 12.5 Å². The second-order valence-corrected chi connectivity index (χ2v) is 10.3. The quantitative estimate of drug-likeness (QED) is 0.175. The van der Waals surface area contributed by atoms with Gasteiger partial charge in [-0.1, -0.05) is 0 Å². The first-order valence-electron chi connectivity index (χ1n) is 11.4. The number of hydroxylamine groups is 2. The number of hydrogen-bond donors (Lipinski definition) is 1. The van der Waals surface area contributed by atoms with E-state index in [2.05, 4.69) is 14.7 Å². The van der Waals surface area contributed by atoms with Gasteiger partial charge in [-0.25, -0.2) is 23.4 Å². The number of amides is 1. The number of alkyl halides is 4. The van der Waals surface area contributed by atoms with Crippen LogP contribution in [0.5, 0.6) is 5.75 Å². The molecule has 1 unspecified atom stereocenters. The molecule has 0 spiro atoms. The third-order valence-corrected chi connectivity index (χ3v) is 7.74. The van der Waals surface area contributed by atoms with Crippen molar-refractivity contribution in [3.8, 4) is 5.75 Å². The van der Waals surface area contributed by atoms with Crippen molar-refractivity contribution in [2.75, 3.05) is 36.8 Å². The molecule has 1 saturated heterocycles. The molecule has 3 rings (SSSR count). The molecule has 0 radical (unpaired) electrons. The number of aryl methyl sites for hydroxylation is 1. The topological polar surface area (TPSA) is 116 Å². The first kappa shape index (κ1) is 28.5. The fraction of sp³-hybridized carbons (Fsp3) is 0.500. The number of aromatic nitrogens is 2. The smallest absolute Gasteiger partial charge is 0.428 e. The Morgan fingerprint density at radius 2 is 1.73 bits per heavy atom. The van der Waals surface area contributed by atoms with Crippen LogP contribution in [-0.4, -0.2) is 89.9 Å². The summed E-state index contributed by atoms with van der Waals surface area (Å²) in [5.74, 6) is -0.329. The lowest BCUT2D eigenvalue weighted by Gasteiger charge is -2.36. The van der Waals surface area contributed by atoms with Crippen LogP contribution in [0.25, 0.3) is 0 Å². The Hall–Kier alpha value is -3.04. The maximum absolute atomic E-state index is 13.1. The molecule has 37 heavy (non-hydrogen) atoms. The summed E-state index contributed by atoms with van der Waals surface area (Å²) < 4.78 is 82.0. The number of nitrogens with zero attached hydrogens (tertiary/aromatic N) is 5. The minimum absolute atomic E-state index is 0.112. The van der Waals surface area contributed by atoms with Crippen molar-refractivity contribution >= 4 is 22.1 Å². The number of rotatable bonds is 13. The average Bonchev–Trinajstić information content (AvgIpc) is 2.88. The van der Waals surface area contributed by atoms with Crippen LogP contribution >= 0.6 is 0 Å². The molecule has 0 aliphatic carbocycles. The van der Waals surface area contributed by atoms with Crippen LogP contribution in [-0.2, 0) is 21.2 Å². The zero-order chi connectivity index (χ0) is 27.1. The van der Waals surface area contributed by atoms with Gasteiger partial charge in [0.1, 0.15) is 11.6 Å². The highest BCUT2D eigenvalue weighted by molar-refractivity contribution is 7.89.